The summed E-state index contributed by atoms with van der Waals surface area (Å²) in [6.07, 6.45) is 0. The summed E-state index contributed by atoms with van der Waals surface area (Å²) in [7, 11) is 0. The van der Waals surface area contributed by atoms with E-state index in [2.05, 4.69) is 5.32 Å². The Morgan fingerprint density at radius 2 is 1.68 bits per heavy atom. The summed E-state index contributed by atoms with van der Waals surface area (Å²) in [5.41, 5.74) is 2.56. The molecule has 0 atom stereocenters. The topological polar surface area (TPSA) is 73.9 Å². The van der Waals surface area contributed by atoms with E-state index in [1.807, 2.05) is 25.1 Å². The van der Waals surface area contributed by atoms with Gasteiger partial charge in [0.15, 0.2) is 11.5 Å². The molecule has 0 fully saturated rings. The maximum atomic E-state index is 12.3. The van der Waals surface area contributed by atoms with Crippen LogP contribution < -0.4 is 19.5 Å². The molecule has 1 amide bonds. The van der Waals surface area contributed by atoms with Crippen molar-refractivity contribution in [3.8, 4) is 17.2 Å². The number of benzene rings is 3. The Balaban J connectivity index is 1.40. The van der Waals surface area contributed by atoms with E-state index in [0.29, 0.717) is 34.1 Å². The molecule has 0 radical (unpaired) electrons. The highest BCUT2D eigenvalue weighted by Gasteiger charge is 2.17. The van der Waals surface area contributed by atoms with Gasteiger partial charge in [0.2, 0.25) is 6.79 Å². The summed E-state index contributed by atoms with van der Waals surface area (Å²) in [5.74, 6) is 0.786. The van der Waals surface area contributed by atoms with Gasteiger partial charge in [-0.3, -0.25) is 4.79 Å². The summed E-state index contributed by atoms with van der Waals surface area (Å²) < 4.78 is 15.9. The number of carbonyl (C=O) groups is 2. The van der Waals surface area contributed by atoms with E-state index in [4.69, 9.17) is 14.2 Å². The maximum absolute atomic E-state index is 12.3. The van der Waals surface area contributed by atoms with Crippen LogP contribution >= 0.6 is 0 Å². The van der Waals surface area contributed by atoms with Crippen molar-refractivity contribution in [1.29, 1.82) is 0 Å². The van der Waals surface area contributed by atoms with Crippen molar-refractivity contribution >= 4 is 17.6 Å². The fraction of sp³-hybridized carbons (Fsp3) is 0.0909. The third-order valence-corrected chi connectivity index (χ3v) is 4.21. The van der Waals surface area contributed by atoms with E-state index in [-0.39, 0.29) is 12.7 Å². The van der Waals surface area contributed by atoms with E-state index in [9.17, 15) is 9.59 Å². The van der Waals surface area contributed by atoms with Crippen LogP contribution in [0.3, 0.4) is 0 Å². The molecule has 6 nitrogen and oxygen atoms in total. The van der Waals surface area contributed by atoms with Crippen molar-refractivity contribution in [1.82, 2.24) is 0 Å². The van der Waals surface area contributed by atoms with E-state index < -0.39 is 5.97 Å². The van der Waals surface area contributed by atoms with Crippen LogP contribution in [0.1, 0.15) is 26.3 Å². The standard InChI is InChI=1S/C22H17NO5/c1-14-3-2-4-15(11-14)21(24)23-17-6-8-18(9-7-17)28-22(25)16-5-10-19-20(12-16)27-13-26-19/h2-12H,13H2,1H3,(H,23,24). The van der Waals surface area contributed by atoms with Crippen molar-refractivity contribution in [2.75, 3.05) is 12.1 Å². The number of hydrogen-bond acceptors (Lipinski definition) is 5. The smallest absolute Gasteiger partial charge is 0.343 e. The largest absolute Gasteiger partial charge is 0.454 e. The number of rotatable bonds is 4. The summed E-state index contributed by atoms with van der Waals surface area (Å²) in [6, 6.07) is 18.8. The fourth-order valence-corrected chi connectivity index (χ4v) is 2.79. The van der Waals surface area contributed by atoms with Crippen LogP contribution in [0.15, 0.2) is 66.7 Å². The minimum Gasteiger partial charge on any atom is -0.454 e. The van der Waals surface area contributed by atoms with Gasteiger partial charge >= 0.3 is 5.97 Å². The van der Waals surface area contributed by atoms with Gasteiger partial charge in [-0.2, -0.15) is 0 Å². The molecular weight excluding hydrogens is 358 g/mol. The molecule has 3 aromatic rings. The second-order valence-electron chi connectivity index (χ2n) is 6.31. The fourth-order valence-electron chi connectivity index (χ4n) is 2.79. The Kier molecular flexibility index (Phi) is 4.68. The van der Waals surface area contributed by atoms with Gasteiger partial charge in [-0.25, -0.2) is 4.79 Å². The number of hydrogen-bond donors (Lipinski definition) is 1. The van der Waals surface area contributed by atoms with Crippen LogP contribution in [0.5, 0.6) is 17.2 Å². The Hall–Kier alpha value is -3.80. The first-order valence-electron chi connectivity index (χ1n) is 8.68. The van der Waals surface area contributed by atoms with E-state index >= 15 is 0 Å². The van der Waals surface area contributed by atoms with Gasteiger partial charge in [0.25, 0.3) is 5.91 Å². The molecular formula is C22H17NO5. The quantitative estimate of drug-likeness (QED) is 0.547. The predicted octanol–water partition coefficient (Wildman–Crippen LogP) is 4.20. The van der Waals surface area contributed by atoms with Crippen molar-refractivity contribution in [3.05, 3.63) is 83.4 Å². The summed E-state index contributed by atoms with van der Waals surface area (Å²) in [4.78, 5) is 24.6. The molecule has 140 valence electrons. The molecule has 1 N–H and O–H groups in total. The summed E-state index contributed by atoms with van der Waals surface area (Å²) in [5, 5.41) is 2.82. The highest BCUT2D eigenvalue weighted by atomic mass is 16.7. The summed E-state index contributed by atoms with van der Waals surface area (Å²) >= 11 is 0. The molecule has 1 aliphatic rings. The zero-order valence-corrected chi connectivity index (χ0v) is 15.1. The summed E-state index contributed by atoms with van der Waals surface area (Å²) in [6.45, 7) is 2.07. The number of carbonyl (C=O) groups excluding carboxylic acids is 2. The molecule has 6 heteroatoms. The number of amides is 1. The van der Waals surface area contributed by atoms with Gasteiger partial charge < -0.3 is 19.5 Å². The zero-order valence-electron chi connectivity index (χ0n) is 15.1. The monoisotopic (exact) mass is 375 g/mol. The van der Waals surface area contributed by atoms with Gasteiger partial charge in [-0.05, 0) is 61.5 Å². The lowest BCUT2D eigenvalue weighted by Gasteiger charge is -2.08. The average molecular weight is 375 g/mol. The zero-order chi connectivity index (χ0) is 19.5. The van der Waals surface area contributed by atoms with Gasteiger partial charge in [-0.1, -0.05) is 17.7 Å². The van der Waals surface area contributed by atoms with Crippen molar-refractivity contribution in [3.63, 3.8) is 0 Å². The lowest BCUT2D eigenvalue weighted by molar-refractivity contribution is 0.0734. The number of esters is 1. The molecule has 0 bridgehead atoms. The molecule has 0 aromatic heterocycles. The number of nitrogens with one attached hydrogen (secondary N) is 1. The van der Waals surface area contributed by atoms with Crippen LogP contribution in [-0.2, 0) is 0 Å². The Labute approximate surface area is 161 Å². The third kappa shape index (κ3) is 3.81. The highest BCUT2D eigenvalue weighted by molar-refractivity contribution is 6.04. The SMILES string of the molecule is Cc1cccc(C(=O)Nc2ccc(OC(=O)c3ccc4c(c3)OCO4)cc2)c1. The molecule has 0 aliphatic carbocycles. The second kappa shape index (κ2) is 7.44. The maximum Gasteiger partial charge on any atom is 0.343 e. The van der Waals surface area contributed by atoms with Crippen LogP contribution in [0.2, 0.25) is 0 Å². The minimum absolute atomic E-state index is 0.142. The van der Waals surface area contributed by atoms with Gasteiger partial charge in [0, 0.05) is 11.3 Å². The Morgan fingerprint density at radius 1 is 0.893 bits per heavy atom. The Bertz CT molecular complexity index is 1040. The number of anilines is 1. The Morgan fingerprint density at radius 3 is 2.46 bits per heavy atom. The van der Waals surface area contributed by atoms with Crippen LogP contribution in [0.25, 0.3) is 0 Å². The molecule has 0 saturated carbocycles. The lowest BCUT2D eigenvalue weighted by atomic mass is 10.1. The van der Waals surface area contributed by atoms with Gasteiger partial charge in [0.05, 0.1) is 5.56 Å². The first kappa shape index (κ1) is 17.6. The lowest BCUT2D eigenvalue weighted by Crippen LogP contribution is -2.12. The molecule has 1 aliphatic heterocycles. The number of aryl methyl sites for hydroxylation is 1. The molecule has 3 aromatic carbocycles. The van der Waals surface area contributed by atoms with Crippen molar-refractivity contribution < 1.29 is 23.8 Å². The minimum atomic E-state index is -0.505. The molecule has 0 spiro atoms. The normalized spacial score (nSPS) is 11.8. The second-order valence-corrected chi connectivity index (χ2v) is 6.31. The average Bonchev–Trinajstić information content (AvgIpc) is 3.17. The van der Waals surface area contributed by atoms with Crippen molar-refractivity contribution in [2.24, 2.45) is 0 Å². The van der Waals surface area contributed by atoms with Crippen LogP contribution in [0, 0.1) is 6.92 Å². The number of fused-ring (bicyclic) bond motifs is 1. The van der Waals surface area contributed by atoms with E-state index in [0.717, 1.165) is 5.56 Å². The van der Waals surface area contributed by atoms with Gasteiger partial charge in [0.1, 0.15) is 5.75 Å². The highest BCUT2D eigenvalue weighted by Crippen LogP contribution is 2.32. The molecule has 28 heavy (non-hydrogen) atoms. The van der Waals surface area contributed by atoms with Crippen LogP contribution in [-0.4, -0.2) is 18.7 Å². The molecule has 1 heterocycles. The molecule has 4 rings (SSSR count). The van der Waals surface area contributed by atoms with Crippen molar-refractivity contribution in [2.45, 2.75) is 6.92 Å². The third-order valence-electron chi connectivity index (χ3n) is 4.21. The van der Waals surface area contributed by atoms with E-state index in [1.54, 1.807) is 48.5 Å². The first-order valence-corrected chi connectivity index (χ1v) is 8.68. The molecule has 0 unspecified atom stereocenters. The predicted molar refractivity (Wildman–Crippen MR) is 103 cm³/mol. The first-order chi connectivity index (χ1) is 13.6. The van der Waals surface area contributed by atoms with Gasteiger partial charge in [-0.15, -0.1) is 0 Å². The van der Waals surface area contributed by atoms with E-state index in [1.165, 1.54) is 0 Å². The number of ether oxygens (including phenoxy) is 3. The molecule has 0 saturated heterocycles. The van der Waals surface area contributed by atoms with Crippen LogP contribution in [0.4, 0.5) is 5.69 Å².